The van der Waals surface area contributed by atoms with Crippen LogP contribution in [0.4, 0.5) is 10.1 Å². The van der Waals surface area contributed by atoms with Gasteiger partial charge in [-0.3, -0.25) is 14.5 Å². The highest BCUT2D eigenvalue weighted by molar-refractivity contribution is 5.93. The van der Waals surface area contributed by atoms with Crippen molar-refractivity contribution in [3.05, 3.63) is 58.5 Å². The summed E-state index contributed by atoms with van der Waals surface area (Å²) in [6, 6.07) is 7.13. The smallest absolute Gasteiger partial charge is 0.263 e. The van der Waals surface area contributed by atoms with Crippen molar-refractivity contribution >= 4 is 11.6 Å². The van der Waals surface area contributed by atoms with Gasteiger partial charge in [-0.25, -0.2) is 9.37 Å². The third-order valence-corrected chi connectivity index (χ3v) is 5.66. The molecule has 2 fully saturated rings. The van der Waals surface area contributed by atoms with E-state index in [9.17, 15) is 14.0 Å². The van der Waals surface area contributed by atoms with E-state index in [4.69, 9.17) is 0 Å². The highest BCUT2D eigenvalue weighted by atomic mass is 19.1. The van der Waals surface area contributed by atoms with Crippen molar-refractivity contribution in [2.45, 2.75) is 18.9 Å². The normalized spacial score (nSPS) is 21.0. The van der Waals surface area contributed by atoms with Crippen LogP contribution in [0.5, 0.6) is 0 Å². The number of halogens is 1. The largest absolute Gasteiger partial charge is 0.367 e. The zero-order valence-electron chi connectivity index (χ0n) is 15.7. The van der Waals surface area contributed by atoms with Gasteiger partial charge >= 0.3 is 0 Å². The Bertz CT molecular complexity index is 894. The van der Waals surface area contributed by atoms with Gasteiger partial charge in [0.25, 0.3) is 11.5 Å². The number of rotatable bonds is 3. The fraction of sp³-hybridized carbons (Fsp3) is 0.450. The van der Waals surface area contributed by atoms with E-state index in [1.54, 1.807) is 11.0 Å². The van der Waals surface area contributed by atoms with Crippen molar-refractivity contribution in [2.24, 2.45) is 0 Å². The molecule has 1 atom stereocenters. The van der Waals surface area contributed by atoms with E-state index < -0.39 is 5.56 Å². The van der Waals surface area contributed by atoms with E-state index in [-0.39, 0.29) is 23.3 Å². The van der Waals surface area contributed by atoms with Crippen LogP contribution in [-0.4, -0.2) is 71.0 Å². The second-order valence-electron chi connectivity index (χ2n) is 7.32. The number of amides is 1. The molecule has 1 amide bonds. The molecule has 0 aliphatic carbocycles. The lowest BCUT2D eigenvalue weighted by atomic mass is 10.0. The maximum Gasteiger partial charge on any atom is 0.263 e. The van der Waals surface area contributed by atoms with Crippen molar-refractivity contribution in [3.63, 3.8) is 0 Å². The second-order valence-corrected chi connectivity index (χ2v) is 7.32. The Hall–Kier alpha value is -2.74. The first-order valence-corrected chi connectivity index (χ1v) is 9.69. The van der Waals surface area contributed by atoms with Gasteiger partial charge in [-0.05, 0) is 25.0 Å². The Morgan fingerprint density at radius 3 is 2.68 bits per heavy atom. The fourth-order valence-electron chi connectivity index (χ4n) is 4.14. The minimum absolute atomic E-state index is 0.0903. The number of likely N-dealkylation sites (tertiary alicyclic amines) is 1. The number of benzene rings is 1. The summed E-state index contributed by atoms with van der Waals surface area (Å²) in [5.74, 6) is -0.448. The van der Waals surface area contributed by atoms with Crippen molar-refractivity contribution in [1.29, 1.82) is 0 Å². The number of hydrogen-bond acceptors (Lipinski definition) is 5. The minimum Gasteiger partial charge on any atom is -0.367 e. The first kappa shape index (κ1) is 18.6. The molecule has 1 N–H and O–H groups in total. The summed E-state index contributed by atoms with van der Waals surface area (Å²) in [5, 5.41) is 0. The topological polar surface area (TPSA) is 72.5 Å². The van der Waals surface area contributed by atoms with Gasteiger partial charge in [0.05, 0.1) is 12.0 Å². The molecule has 2 aromatic rings. The van der Waals surface area contributed by atoms with Crippen molar-refractivity contribution in [1.82, 2.24) is 19.8 Å². The quantitative estimate of drug-likeness (QED) is 0.863. The summed E-state index contributed by atoms with van der Waals surface area (Å²) in [4.78, 5) is 37.1. The molecule has 0 bridgehead atoms. The molecule has 1 aromatic heterocycles. The first-order chi connectivity index (χ1) is 13.6. The van der Waals surface area contributed by atoms with Crippen LogP contribution in [0.25, 0.3) is 0 Å². The van der Waals surface area contributed by atoms with Crippen molar-refractivity contribution in [2.75, 3.05) is 44.2 Å². The van der Waals surface area contributed by atoms with E-state index in [1.165, 1.54) is 18.6 Å². The summed E-state index contributed by atoms with van der Waals surface area (Å²) in [7, 11) is 0. The number of aromatic nitrogens is 2. The maximum absolute atomic E-state index is 14.0. The van der Waals surface area contributed by atoms with Gasteiger partial charge in [0.15, 0.2) is 0 Å². The molecule has 2 saturated heterocycles. The van der Waals surface area contributed by atoms with Gasteiger partial charge in [0, 0.05) is 51.5 Å². The second kappa shape index (κ2) is 8.10. The molecule has 0 radical (unpaired) electrons. The number of aromatic amines is 1. The predicted molar refractivity (Wildman–Crippen MR) is 104 cm³/mol. The number of carbonyl (C=O) groups is 1. The van der Waals surface area contributed by atoms with Crippen LogP contribution in [-0.2, 0) is 0 Å². The maximum atomic E-state index is 14.0. The molecule has 4 rings (SSSR count). The lowest BCUT2D eigenvalue weighted by Gasteiger charge is -2.43. The monoisotopic (exact) mass is 385 g/mol. The standard InChI is InChI=1S/C20H24FN5O2/c21-17-5-1-2-6-18(17)25-10-8-24(9-11-25)15-4-3-7-26(13-15)20(28)16-12-22-14-23-19(16)27/h1-2,5-6,12,14-15H,3-4,7-11,13H2,(H,22,23,27)/t15-/m1/s1. The molecule has 0 unspecified atom stereocenters. The van der Waals surface area contributed by atoms with E-state index in [2.05, 4.69) is 19.8 Å². The molecule has 7 nitrogen and oxygen atoms in total. The van der Waals surface area contributed by atoms with Crippen LogP contribution in [0.3, 0.4) is 0 Å². The number of H-pyrrole nitrogens is 1. The van der Waals surface area contributed by atoms with Crippen LogP contribution in [0, 0.1) is 5.82 Å². The Morgan fingerprint density at radius 2 is 1.93 bits per heavy atom. The van der Waals surface area contributed by atoms with Gasteiger partial charge in [-0.1, -0.05) is 12.1 Å². The van der Waals surface area contributed by atoms with E-state index >= 15 is 0 Å². The third kappa shape index (κ3) is 3.77. The van der Waals surface area contributed by atoms with Gasteiger partial charge < -0.3 is 14.8 Å². The Morgan fingerprint density at radius 1 is 1.14 bits per heavy atom. The van der Waals surface area contributed by atoms with Gasteiger partial charge in [-0.2, -0.15) is 0 Å². The summed E-state index contributed by atoms with van der Waals surface area (Å²) in [5.41, 5.74) is 0.339. The molecule has 1 aromatic carbocycles. The fourth-order valence-corrected chi connectivity index (χ4v) is 4.14. The van der Waals surface area contributed by atoms with E-state index in [0.29, 0.717) is 18.8 Å². The molecule has 2 aliphatic rings. The van der Waals surface area contributed by atoms with Crippen LogP contribution in [0.1, 0.15) is 23.2 Å². The van der Waals surface area contributed by atoms with Crippen molar-refractivity contribution < 1.29 is 9.18 Å². The molecule has 2 aliphatic heterocycles. The highest BCUT2D eigenvalue weighted by Crippen LogP contribution is 2.23. The Balaban J connectivity index is 1.38. The first-order valence-electron chi connectivity index (χ1n) is 9.69. The Labute approximate surface area is 162 Å². The molecular weight excluding hydrogens is 361 g/mol. The molecule has 0 saturated carbocycles. The average molecular weight is 385 g/mol. The van der Waals surface area contributed by atoms with Crippen LogP contribution >= 0.6 is 0 Å². The summed E-state index contributed by atoms with van der Waals surface area (Å²) in [6.45, 7) is 4.43. The number of nitrogens with zero attached hydrogens (tertiary/aromatic N) is 4. The zero-order chi connectivity index (χ0) is 19.5. The molecule has 0 spiro atoms. The molecular formula is C20H24FN5O2. The predicted octanol–water partition coefficient (Wildman–Crippen LogP) is 1.34. The molecule has 3 heterocycles. The summed E-state index contributed by atoms with van der Waals surface area (Å²) < 4.78 is 14.0. The van der Waals surface area contributed by atoms with Crippen LogP contribution in [0.2, 0.25) is 0 Å². The van der Waals surface area contributed by atoms with Gasteiger partial charge in [0.1, 0.15) is 11.4 Å². The van der Waals surface area contributed by atoms with Crippen LogP contribution < -0.4 is 10.5 Å². The number of para-hydroxylation sites is 1. The van der Waals surface area contributed by atoms with Crippen LogP contribution in [0.15, 0.2) is 41.6 Å². The van der Waals surface area contributed by atoms with Crippen molar-refractivity contribution in [3.8, 4) is 0 Å². The van der Waals surface area contributed by atoms with E-state index in [1.807, 2.05) is 12.1 Å². The van der Waals surface area contributed by atoms with Gasteiger partial charge in [-0.15, -0.1) is 0 Å². The minimum atomic E-state index is -0.402. The molecule has 28 heavy (non-hydrogen) atoms. The van der Waals surface area contributed by atoms with Gasteiger partial charge in [0.2, 0.25) is 0 Å². The lowest BCUT2D eigenvalue weighted by Crippen LogP contribution is -2.56. The lowest BCUT2D eigenvalue weighted by molar-refractivity contribution is 0.0561. The number of anilines is 1. The SMILES string of the molecule is O=C(c1cnc[nH]c1=O)N1CCC[C@@H](N2CCN(c3ccccc3F)CC2)C1. The third-order valence-electron chi connectivity index (χ3n) is 5.66. The summed E-state index contributed by atoms with van der Waals surface area (Å²) >= 11 is 0. The number of hydrogen-bond donors (Lipinski definition) is 1. The van der Waals surface area contributed by atoms with E-state index in [0.717, 1.165) is 39.0 Å². The summed E-state index contributed by atoms with van der Waals surface area (Å²) in [6.07, 6.45) is 4.54. The zero-order valence-corrected chi connectivity index (χ0v) is 15.7. The number of piperazine rings is 1. The highest BCUT2D eigenvalue weighted by Gasteiger charge is 2.31. The Kier molecular flexibility index (Phi) is 5.38. The average Bonchev–Trinajstić information content (AvgIpc) is 2.74. The molecule has 8 heteroatoms. The number of nitrogens with one attached hydrogen (secondary N) is 1. The number of piperidine rings is 1. The number of carbonyl (C=O) groups excluding carboxylic acids is 1. The molecule has 148 valence electrons.